The molecule has 0 fully saturated rings. The molecule has 0 bridgehead atoms. The molecule has 8 heteroatoms. The second kappa shape index (κ2) is 12.1. The molecule has 0 unspecified atom stereocenters. The largest absolute Gasteiger partial charge is 0.497 e. The lowest BCUT2D eigenvalue weighted by Gasteiger charge is -2.12. The van der Waals surface area contributed by atoms with Crippen LogP contribution in [0.1, 0.15) is 11.3 Å². The van der Waals surface area contributed by atoms with Crippen LogP contribution in [0.15, 0.2) is 64.2 Å². The second-order valence-electron chi connectivity index (χ2n) is 6.39. The van der Waals surface area contributed by atoms with Crippen molar-refractivity contribution >= 4 is 29.9 Å². The van der Waals surface area contributed by atoms with Crippen LogP contribution in [-0.4, -0.2) is 38.3 Å². The SMILES string of the molecule is CN=C(NCCOc1ccc(OC)cc1)NCc1coc(-c2ccc(C)cc2)n1.I. The van der Waals surface area contributed by atoms with Crippen LogP contribution in [0.25, 0.3) is 11.5 Å². The molecule has 0 aliphatic carbocycles. The lowest BCUT2D eigenvalue weighted by atomic mass is 10.1. The van der Waals surface area contributed by atoms with Gasteiger partial charge in [-0.3, -0.25) is 4.99 Å². The number of nitrogens with one attached hydrogen (secondary N) is 2. The first-order chi connectivity index (χ1) is 14.2. The van der Waals surface area contributed by atoms with E-state index in [-0.39, 0.29) is 24.0 Å². The smallest absolute Gasteiger partial charge is 0.226 e. The lowest BCUT2D eigenvalue weighted by molar-refractivity contribution is 0.321. The van der Waals surface area contributed by atoms with Gasteiger partial charge in [0.05, 0.1) is 25.9 Å². The molecule has 2 N–H and O–H groups in total. The number of rotatable bonds is 8. The van der Waals surface area contributed by atoms with Crippen molar-refractivity contribution in [2.75, 3.05) is 27.3 Å². The monoisotopic (exact) mass is 522 g/mol. The minimum atomic E-state index is 0. The number of nitrogens with zero attached hydrogens (tertiary/aromatic N) is 2. The van der Waals surface area contributed by atoms with Crippen molar-refractivity contribution in [1.29, 1.82) is 0 Å². The van der Waals surface area contributed by atoms with Gasteiger partial charge in [-0.05, 0) is 43.3 Å². The summed E-state index contributed by atoms with van der Waals surface area (Å²) in [5, 5.41) is 6.43. The van der Waals surface area contributed by atoms with E-state index in [0.717, 1.165) is 22.8 Å². The zero-order valence-electron chi connectivity index (χ0n) is 17.3. The van der Waals surface area contributed by atoms with Gasteiger partial charge in [0.25, 0.3) is 0 Å². The molecule has 0 saturated heterocycles. The molecule has 0 aliphatic rings. The van der Waals surface area contributed by atoms with Crippen molar-refractivity contribution in [3.05, 3.63) is 66.1 Å². The van der Waals surface area contributed by atoms with Crippen molar-refractivity contribution in [2.24, 2.45) is 4.99 Å². The van der Waals surface area contributed by atoms with E-state index in [1.165, 1.54) is 5.56 Å². The van der Waals surface area contributed by atoms with Crippen LogP contribution in [0.4, 0.5) is 0 Å². The average molecular weight is 522 g/mol. The summed E-state index contributed by atoms with van der Waals surface area (Å²) in [6, 6.07) is 15.6. The number of hydrogen-bond donors (Lipinski definition) is 2. The third-order valence-corrected chi connectivity index (χ3v) is 4.23. The molecule has 3 rings (SSSR count). The van der Waals surface area contributed by atoms with Crippen LogP contribution in [-0.2, 0) is 6.54 Å². The van der Waals surface area contributed by atoms with Crippen molar-refractivity contribution < 1.29 is 13.9 Å². The Hall–Kier alpha value is -2.75. The van der Waals surface area contributed by atoms with Crippen LogP contribution in [0.2, 0.25) is 0 Å². The van der Waals surface area contributed by atoms with Crippen molar-refractivity contribution in [3.63, 3.8) is 0 Å². The van der Waals surface area contributed by atoms with Crippen LogP contribution >= 0.6 is 24.0 Å². The highest BCUT2D eigenvalue weighted by molar-refractivity contribution is 14.0. The molecule has 1 aromatic heterocycles. The van der Waals surface area contributed by atoms with Gasteiger partial charge in [-0.2, -0.15) is 0 Å². The Kier molecular flexibility index (Phi) is 9.46. The van der Waals surface area contributed by atoms with Crippen molar-refractivity contribution in [2.45, 2.75) is 13.5 Å². The number of ether oxygens (including phenoxy) is 2. The van der Waals surface area contributed by atoms with Gasteiger partial charge in [-0.25, -0.2) is 4.98 Å². The summed E-state index contributed by atoms with van der Waals surface area (Å²) < 4.78 is 16.4. The number of methoxy groups -OCH3 is 1. The summed E-state index contributed by atoms with van der Waals surface area (Å²) in [5.74, 6) is 2.88. The molecule has 0 spiro atoms. The fourth-order valence-corrected chi connectivity index (χ4v) is 2.62. The molecular formula is C22H27IN4O3. The summed E-state index contributed by atoms with van der Waals surface area (Å²) in [6.07, 6.45) is 1.66. The number of aliphatic imine (C=N–C) groups is 1. The Labute approximate surface area is 193 Å². The molecule has 0 aliphatic heterocycles. The fourth-order valence-electron chi connectivity index (χ4n) is 2.62. The first-order valence-corrected chi connectivity index (χ1v) is 9.41. The van der Waals surface area contributed by atoms with Gasteiger partial charge in [0.2, 0.25) is 5.89 Å². The average Bonchev–Trinajstić information content (AvgIpc) is 3.23. The number of benzene rings is 2. The minimum absolute atomic E-state index is 0. The predicted molar refractivity (Wildman–Crippen MR) is 129 cm³/mol. The van der Waals surface area contributed by atoms with E-state index in [4.69, 9.17) is 13.9 Å². The Bertz CT molecular complexity index is 924. The Morgan fingerprint density at radius 2 is 1.73 bits per heavy atom. The number of guanidine groups is 1. The third-order valence-electron chi connectivity index (χ3n) is 4.23. The molecule has 1 heterocycles. The number of halogens is 1. The zero-order valence-corrected chi connectivity index (χ0v) is 19.7. The van der Waals surface area contributed by atoms with E-state index in [1.54, 1.807) is 20.4 Å². The summed E-state index contributed by atoms with van der Waals surface area (Å²) in [6.45, 7) is 3.68. The van der Waals surface area contributed by atoms with Gasteiger partial charge < -0.3 is 24.5 Å². The molecule has 2 aromatic carbocycles. The predicted octanol–water partition coefficient (Wildman–Crippen LogP) is 4.02. The second-order valence-corrected chi connectivity index (χ2v) is 6.39. The van der Waals surface area contributed by atoms with Crippen molar-refractivity contribution in [3.8, 4) is 23.0 Å². The number of hydrogen-bond acceptors (Lipinski definition) is 5. The topological polar surface area (TPSA) is 80.9 Å². The summed E-state index contributed by atoms with van der Waals surface area (Å²) in [5.41, 5.74) is 2.96. The number of aromatic nitrogens is 1. The van der Waals surface area contributed by atoms with Gasteiger partial charge in [0.1, 0.15) is 24.4 Å². The molecular weight excluding hydrogens is 495 g/mol. The molecule has 3 aromatic rings. The molecule has 160 valence electrons. The van der Waals surface area contributed by atoms with E-state index in [1.807, 2.05) is 48.5 Å². The van der Waals surface area contributed by atoms with Crippen LogP contribution in [0.5, 0.6) is 11.5 Å². The molecule has 0 saturated carbocycles. The highest BCUT2D eigenvalue weighted by Gasteiger charge is 2.07. The van der Waals surface area contributed by atoms with Gasteiger partial charge in [0.15, 0.2) is 5.96 Å². The summed E-state index contributed by atoms with van der Waals surface area (Å²) >= 11 is 0. The summed E-state index contributed by atoms with van der Waals surface area (Å²) in [7, 11) is 3.36. The summed E-state index contributed by atoms with van der Waals surface area (Å²) in [4.78, 5) is 8.73. The minimum Gasteiger partial charge on any atom is -0.497 e. The number of aryl methyl sites for hydroxylation is 1. The maximum absolute atomic E-state index is 5.70. The zero-order chi connectivity index (χ0) is 20.5. The van der Waals surface area contributed by atoms with E-state index in [0.29, 0.717) is 31.5 Å². The maximum atomic E-state index is 5.70. The van der Waals surface area contributed by atoms with Crippen LogP contribution in [0, 0.1) is 6.92 Å². The Balaban J connectivity index is 0.00000320. The standard InChI is InChI=1S/C22H26N4O3.HI/c1-16-4-6-17(7-5-16)21-26-18(15-29-21)14-25-22(23-2)24-12-13-28-20-10-8-19(27-3)9-11-20;/h4-11,15H,12-14H2,1-3H3,(H2,23,24,25);1H. The Morgan fingerprint density at radius 3 is 2.40 bits per heavy atom. The first-order valence-electron chi connectivity index (χ1n) is 9.41. The van der Waals surface area contributed by atoms with E-state index in [2.05, 4.69) is 27.5 Å². The van der Waals surface area contributed by atoms with Gasteiger partial charge in [-0.15, -0.1) is 24.0 Å². The van der Waals surface area contributed by atoms with Gasteiger partial charge in [0, 0.05) is 12.6 Å². The fraction of sp³-hybridized carbons (Fsp3) is 0.273. The quantitative estimate of drug-likeness (QED) is 0.201. The molecule has 0 atom stereocenters. The van der Waals surface area contributed by atoms with Crippen LogP contribution < -0.4 is 20.1 Å². The molecule has 0 radical (unpaired) electrons. The van der Waals surface area contributed by atoms with E-state index < -0.39 is 0 Å². The lowest BCUT2D eigenvalue weighted by Crippen LogP contribution is -2.38. The van der Waals surface area contributed by atoms with Gasteiger partial charge in [-0.1, -0.05) is 17.7 Å². The van der Waals surface area contributed by atoms with Gasteiger partial charge >= 0.3 is 0 Å². The number of oxazole rings is 1. The third kappa shape index (κ3) is 6.94. The van der Waals surface area contributed by atoms with Crippen molar-refractivity contribution in [1.82, 2.24) is 15.6 Å². The van der Waals surface area contributed by atoms with Crippen LogP contribution in [0.3, 0.4) is 0 Å². The molecule has 0 amide bonds. The highest BCUT2D eigenvalue weighted by Crippen LogP contribution is 2.19. The maximum Gasteiger partial charge on any atom is 0.226 e. The first kappa shape index (κ1) is 23.5. The van der Waals surface area contributed by atoms with E-state index in [9.17, 15) is 0 Å². The van der Waals surface area contributed by atoms with E-state index >= 15 is 0 Å². The normalized spacial score (nSPS) is 10.8. The Morgan fingerprint density at radius 1 is 1.03 bits per heavy atom. The molecule has 7 nitrogen and oxygen atoms in total. The molecule has 30 heavy (non-hydrogen) atoms. The highest BCUT2D eigenvalue weighted by atomic mass is 127.